The zero-order valence-corrected chi connectivity index (χ0v) is 11.5. The summed E-state index contributed by atoms with van der Waals surface area (Å²) in [5.74, 6) is 0.239. The van der Waals surface area contributed by atoms with Gasteiger partial charge in [-0.15, -0.1) is 0 Å². The van der Waals surface area contributed by atoms with Crippen LogP contribution >= 0.6 is 0 Å². The van der Waals surface area contributed by atoms with Crippen LogP contribution in [0.15, 0.2) is 29.2 Å². The van der Waals surface area contributed by atoms with Crippen LogP contribution in [0.5, 0.6) is 0 Å². The zero-order valence-electron chi connectivity index (χ0n) is 11.5. The van der Waals surface area contributed by atoms with Gasteiger partial charge in [-0.1, -0.05) is 6.08 Å². The monoisotopic (exact) mass is 272 g/mol. The lowest BCUT2D eigenvalue weighted by molar-refractivity contribution is 0.0740. The van der Waals surface area contributed by atoms with Crippen molar-refractivity contribution in [3.05, 3.63) is 41.9 Å². The summed E-state index contributed by atoms with van der Waals surface area (Å²) < 4.78 is 7.01. The van der Waals surface area contributed by atoms with Gasteiger partial charge < -0.3 is 9.32 Å². The topological polar surface area (TPSA) is 64.2 Å². The van der Waals surface area contributed by atoms with Crippen LogP contribution in [0.25, 0.3) is 5.57 Å². The van der Waals surface area contributed by atoms with Gasteiger partial charge in [0.2, 0.25) is 5.76 Å². The lowest BCUT2D eigenvalue weighted by Gasteiger charge is -2.25. The summed E-state index contributed by atoms with van der Waals surface area (Å²) in [5, 5.41) is 4.17. The molecule has 0 saturated heterocycles. The summed E-state index contributed by atoms with van der Waals surface area (Å²) in [4.78, 5) is 18.0. The maximum atomic E-state index is 12.3. The minimum absolute atomic E-state index is 0.0969. The Morgan fingerprint density at radius 1 is 1.45 bits per heavy atom. The van der Waals surface area contributed by atoms with Crippen molar-refractivity contribution < 1.29 is 9.21 Å². The Balaban J connectivity index is 1.75. The Morgan fingerprint density at radius 3 is 2.85 bits per heavy atom. The number of carbonyl (C=O) groups excluding carboxylic acids is 1. The van der Waals surface area contributed by atoms with Gasteiger partial charge in [0.05, 0.1) is 11.4 Å². The number of hydrogen-bond donors (Lipinski definition) is 0. The van der Waals surface area contributed by atoms with Crippen LogP contribution in [-0.2, 0) is 7.05 Å². The molecule has 2 aromatic heterocycles. The van der Waals surface area contributed by atoms with E-state index in [4.69, 9.17) is 4.42 Å². The lowest BCUT2D eigenvalue weighted by Crippen LogP contribution is -2.35. The molecule has 0 bridgehead atoms. The molecule has 1 aliphatic heterocycles. The maximum Gasteiger partial charge on any atom is 0.291 e. The lowest BCUT2D eigenvalue weighted by atomic mass is 10.0. The van der Waals surface area contributed by atoms with E-state index in [1.807, 2.05) is 17.8 Å². The molecule has 3 heterocycles. The second-order valence-electron chi connectivity index (χ2n) is 4.84. The van der Waals surface area contributed by atoms with Crippen molar-refractivity contribution in [2.45, 2.75) is 13.3 Å². The summed E-state index contributed by atoms with van der Waals surface area (Å²) >= 11 is 0. The summed E-state index contributed by atoms with van der Waals surface area (Å²) in [6.07, 6.45) is 5.98. The normalized spacial score (nSPS) is 15.3. The predicted octanol–water partition coefficient (Wildman–Crippen LogP) is 1.65. The number of amides is 1. The van der Waals surface area contributed by atoms with E-state index in [1.54, 1.807) is 18.0 Å². The van der Waals surface area contributed by atoms with E-state index in [1.165, 1.54) is 12.0 Å². The molecule has 0 radical (unpaired) electrons. The minimum Gasteiger partial charge on any atom is -0.438 e. The number of aromatic nitrogens is 3. The van der Waals surface area contributed by atoms with E-state index in [0.29, 0.717) is 24.5 Å². The first kappa shape index (κ1) is 12.7. The van der Waals surface area contributed by atoms with Gasteiger partial charge in [-0.25, -0.2) is 4.98 Å². The van der Waals surface area contributed by atoms with Crippen molar-refractivity contribution in [3.8, 4) is 0 Å². The molecule has 0 aliphatic carbocycles. The Bertz CT molecular complexity index is 668. The first-order valence-corrected chi connectivity index (χ1v) is 6.53. The largest absolute Gasteiger partial charge is 0.438 e. The van der Waals surface area contributed by atoms with E-state index in [0.717, 1.165) is 12.1 Å². The number of hydrogen-bond acceptors (Lipinski definition) is 4. The van der Waals surface area contributed by atoms with Crippen molar-refractivity contribution >= 4 is 11.5 Å². The molecule has 0 saturated carbocycles. The van der Waals surface area contributed by atoms with Crippen LogP contribution in [0.2, 0.25) is 0 Å². The fourth-order valence-electron chi connectivity index (χ4n) is 2.43. The summed E-state index contributed by atoms with van der Waals surface area (Å²) in [6, 6.07) is 1.99. The van der Waals surface area contributed by atoms with Crippen LogP contribution < -0.4 is 0 Å². The highest BCUT2D eigenvalue weighted by atomic mass is 16.3. The smallest absolute Gasteiger partial charge is 0.291 e. The third-order valence-electron chi connectivity index (χ3n) is 3.59. The highest BCUT2D eigenvalue weighted by Gasteiger charge is 2.24. The van der Waals surface area contributed by atoms with Gasteiger partial charge in [0.1, 0.15) is 0 Å². The molecule has 1 aliphatic rings. The van der Waals surface area contributed by atoms with Gasteiger partial charge >= 0.3 is 0 Å². The van der Waals surface area contributed by atoms with Crippen molar-refractivity contribution in [2.75, 3.05) is 13.1 Å². The van der Waals surface area contributed by atoms with Crippen molar-refractivity contribution in [1.29, 1.82) is 0 Å². The van der Waals surface area contributed by atoms with Gasteiger partial charge in [0.25, 0.3) is 5.91 Å². The number of rotatable bonds is 2. The van der Waals surface area contributed by atoms with E-state index in [-0.39, 0.29) is 5.91 Å². The predicted molar refractivity (Wildman–Crippen MR) is 72.9 cm³/mol. The van der Waals surface area contributed by atoms with Crippen LogP contribution in [0.4, 0.5) is 0 Å². The minimum atomic E-state index is -0.0969. The van der Waals surface area contributed by atoms with Gasteiger partial charge in [0.15, 0.2) is 6.39 Å². The number of oxazole rings is 1. The second kappa shape index (κ2) is 4.96. The van der Waals surface area contributed by atoms with Gasteiger partial charge in [-0.05, 0) is 25.0 Å². The molecule has 0 atom stereocenters. The van der Waals surface area contributed by atoms with Crippen LogP contribution in [0, 0.1) is 6.92 Å². The summed E-state index contributed by atoms with van der Waals surface area (Å²) in [7, 11) is 1.92. The van der Waals surface area contributed by atoms with Gasteiger partial charge in [0, 0.05) is 26.3 Å². The van der Waals surface area contributed by atoms with Crippen LogP contribution in [0.1, 0.15) is 28.4 Å². The number of carbonyl (C=O) groups is 1. The molecule has 20 heavy (non-hydrogen) atoms. The molecule has 0 unspecified atom stereocenters. The molecule has 1 amide bonds. The Labute approximate surface area is 116 Å². The molecule has 0 aromatic carbocycles. The molecule has 0 fully saturated rings. The molecule has 6 heteroatoms. The van der Waals surface area contributed by atoms with E-state index in [9.17, 15) is 4.79 Å². The van der Waals surface area contributed by atoms with E-state index < -0.39 is 0 Å². The molecule has 3 rings (SSSR count). The van der Waals surface area contributed by atoms with Gasteiger partial charge in [-0.3, -0.25) is 9.48 Å². The Hall–Kier alpha value is -2.37. The molecule has 0 spiro atoms. The number of nitrogens with zero attached hydrogens (tertiary/aromatic N) is 4. The number of aryl methyl sites for hydroxylation is 2. The Morgan fingerprint density at radius 2 is 2.30 bits per heavy atom. The summed E-state index contributed by atoms with van der Waals surface area (Å²) in [6.45, 7) is 3.03. The van der Waals surface area contributed by atoms with E-state index >= 15 is 0 Å². The average molecular weight is 272 g/mol. The van der Waals surface area contributed by atoms with Crippen LogP contribution in [0.3, 0.4) is 0 Å². The third kappa shape index (κ3) is 2.13. The van der Waals surface area contributed by atoms with E-state index in [2.05, 4.69) is 16.2 Å². The third-order valence-corrected chi connectivity index (χ3v) is 3.59. The van der Waals surface area contributed by atoms with Crippen molar-refractivity contribution in [1.82, 2.24) is 19.7 Å². The molecular formula is C14H16N4O2. The molecule has 6 nitrogen and oxygen atoms in total. The Kier molecular flexibility index (Phi) is 3.14. The van der Waals surface area contributed by atoms with Gasteiger partial charge in [-0.2, -0.15) is 5.10 Å². The van der Waals surface area contributed by atoms with Crippen molar-refractivity contribution in [2.24, 2.45) is 7.05 Å². The quantitative estimate of drug-likeness (QED) is 0.833. The highest BCUT2D eigenvalue weighted by molar-refractivity contribution is 5.93. The molecule has 2 aromatic rings. The first-order chi connectivity index (χ1) is 9.66. The van der Waals surface area contributed by atoms with Crippen molar-refractivity contribution in [3.63, 3.8) is 0 Å². The van der Waals surface area contributed by atoms with Crippen LogP contribution in [-0.4, -0.2) is 38.7 Å². The fourth-order valence-corrected chi connectivity index (χ4v) is 2.43. The fraction of sp³-hybridized carbons (Fsp3) is 0.357. The standard InChI is InChI=1S/C14H16N4O2/c1-10-13(20-9-15-10)14(19)18-7-4-11(5-8-18)12-3-6-16-17(12)2/h3-4,6,9H,5,7-8H2,1-2H3. The summed E-state index contributed by atoms with van der Waals surface area (Å²) in [5.41, 5.74) is 2.97. The highest BCUT2D eigenvalue weighted by Crippen LogP contribution is 2.22. The molecule has 0 N–H and O–H groups in total. The molecule has 104 valence electrons. The zero-order chi connectivity index (χ0) is 14.1. The molecular weight excluding hydrogens is 256 g/mol. The first-order valence-electron chi connectivity index (χ1n) is 6.53. The average Bonchev–Trinajstić information content (AvgIpc) is 3.07. The maximum absolute atomic E-state index is 12.3. The SMILES string of the molecule is Cc1ncoc1C(=O)N1CC=C(c2ccnn2C)CC1. The second-order valence-corrected chi connectivity index (χ2v) is 4.84.